The largest absolute Gasteiger partial charge is 0.497 e. The smallest absolute Gasteiger partial charge is 0.341 e. The highest BCUT2D eigenvalue weighted by Gasteiger charge is 2.07. The minimum atomic E-state index is -0.986. The summed E-state index contributed by atoms with van der Waals surface area (Å²) in [6.45, 7) is -0.340. The first-order valence-corrected chi connectivity index (χ1v) is 11.3. The van der Waals surface area contributed by atoms with Crippen LogP contribution in [-0.4, -0.2) is 30.5 Å². The first kappa shape index (κ1) is 22.2. The third kappa shape index (κ3) is 6.27. The van der Waals surface area contributed by atoms with Gasteiger partial charge in [-0.2, -0.15) is 0 Å². The second kappa shape index (κ2) is 11.1. The summed E-state index contributed by atoms with van der Waals surface area (Å²) in [6.07, 6.45) is 2.23. The minimum absolute atomic E-state index is 0.340. The van der Waals surface area contributed by atoms with Gasteiger partial charge in [0.1, 0.15) is 11.5 Å². The summed E-state index contributed by atoms with van der Waals surface area (Å²) in [4.78, 5) is 11.8. The third-order valence-corrected chi connectivity index (χ3v) is 6.54. The Balaban J connectivity index is 1.77. The summed E-state index contributed by atoms with van der Waals surface area (Å²) in [6, 6.07) is 24.0. The molecule has 154 valence electrons. The van der Waals surface area contributed by atoms with Crippen LogP contribution in [-0.2, 0) is 4.79 Å². The molecular formula is C24H21IO4S. The normalized spacial score (nSPS) is 11.2. The number of thioether (sulfide) groups is 1. The zero-order valence-electron chi connectivity index (χ0n) is 16.4. The standard InChI is InChI=1S/C24H21IO4S/c1-28-19-9-7-18(8-10-19)21(17-5-3-2-4-6-17)13-14-30-23-12-11-20(15-22(23)25)29-16-24(26)27/h2-13,15H,14,16H2,1H3,(H,26,27)/b21-13-. The van der Waals surface area contributed by atoms with Crippen molar-refractivity contribution in [2.24, 2.45) is 0 Å². The number of rotatable bonds is 9. The van der Waals surface area contributed by atoms with E-state index in [-0.39, 0.29) is 6.61 Å². The van der Waals surface area contributed by atoms with Crippen LogP contribution < -0.4 is 9.47 Å². The van der Waals surface area contributed by atoms with Crippen molar-refractivity contribution in [3.8, 4) is 11.5 Å². The van der Waals surface area contributed by atoms with Gasteiger partial charge in [-0.15, -0.1) is 11.8 Å². The number of carboxylic acids is 1. The number of halogens is 1. The summed E-state index contributed by atoms with van der Waals surface area (Å²) in [5.41, 5.74) is 3.47. The molecule has 3 aromatic carbocycles. The number of aliphatic carboxylic acids is 1. The van der Waals surface area contributed by atoms with Gasteiger partial charge < -0.3 is 14.6 Å². The third-order valence-electron chi connectivity index (χ3n) is 4.28. The molecule has 0 aliphatic rings. The van der Waals surface area contributed by atoms with E-state index in [1.807, 2.05) is 42.5 Å². The first-order valence-electron chi connectivity index (χ1n) is 9.24. The summed E-state index contributed by atoms with van der Waals surface area (Å²) in [5.74, 6) is 1.20. The van der Waals surface area contributed by atoms with Gasteiger partial charge in [0.15, 0.2) is 6.61 Å². The van der Waals surface area contributed by atoms with E-state index in [2.05, 4.69) is 52.9 Å². The second-order valence-electron chi connectivity index (χ2n) is 6.30. The summed E-state index contributed by atoms with van der Waals surface area (Å²) < 4.78 is 11.6. The Bertz CT molecular complexity index is 1020. The van der Waals surface area contributed by atoms with Crippen molar-refractivity contribution in [2.45, 2.75) is 4.90 Å². The van der Waals surface area contributed by atoms with E-state index >= 15 is 0 Å². The number of ether oxygens (including phenoxy) is 2. The fourth-order valence-electron chi connectivity index (χ4n) is 2.84. The van der Waals surface area contributed by atoms with Crippen molar-refractivity contribution in [2.75, 3.05) is 19.5 Å². The summed E-state index contributed by atoms with van der Waals surface area (Å²) >= 11 is 3.97. The molecule has 0 radical (unpaired) electrons. The zero-order valence-corrected chi connectivity index (χ0v) is 19.4. The lowest BCUT2D eigenvalue weighted by atomic mass is 9.98. The van der Waals surface area contributed by atoms with Gasteiger partial charge in [-0.1, -0.05) is 48.5 Å². The highest BCUT2D eigenvalue weighted by Crippen LogP contribution is 2.30. The Morgan fingerprint density at radius 3 is 2.30 bits per heavy atom. The van der Waals surface area contributed by atoms with Crippen LogP contribution in [0.25, 0.3) is 5.57 Å². The Morgan fingerprint density at radius 2 is 1.67 bits per heavy atom. The molecule has 0 unspecified atom stereocenters. The van der Waals surface area contributed by atoms with Gasteiger partial charge in [-0.05, 0) is 69.6 Å². The number of carboxylic acid groups (broad SMARTS) is 1. The lowest BCUT2D eigenvalue weighted by Gasteiger charge is -2.11. The van der Waals surface area contributed by atoms with Crippen LogP contribution in [0.2, 0.25) is 0 Å². The first-order chi connectivity index (χ1) is 14.6. The minimum Gasteiger partial charge on any atom is -0.497 e. The highest BCUT2D eigenvalue weighted by molar-refractivity contribution is 14.1. The second-order valence-corrected chi connectivity index (χ2v) is 8.52. The van der Waals surface area contributed by atoms with E-state index in [0.717, 1.165) is 31.1 Å². The van der Waals surface area contributed by atoms with Gasteiger partial charge in [0.25, 0.3) is 0 Å². The van der Waals surface area contributed by atoms with Crippen molar-refractivity contribution in [3.63, 3.8) is 0 Å². The molecule has 0 aromatic heterocycles. The van der Waals surface area contributed by atoms with Crippen LogP contribution in [0, 0.1) is 3.57 Å². The number of methoxy groups -OCH3 is 1. The molecule has 0 spiro atoms. The molecular weight excluding hydrogens is 511 g/mol. The molecule has 30 heavy (non-hydrogen) atoms. The Labute approximate surface area is 194 Å². The molecule has 0 aliphatic heterocycles. The molecule has 0 aliphatic carbocycles. The van der Waals surface area contributed by atoms with E-state index in [4.69, 9.17) is 14.6 Å². The maximum atomic E-state index is 10.7. The van der Waals surface area contributed by atoms with E-state index in [1.54, 1.807) is 24.9 Å². The monoisotopic (exact) mass is 532 g/mol. The topological polar surface area (TPSA) is 55.8 Å². The van der Waals surface area contributed by atoms with Crippen LogP contribution in [0.1, 0.15) is 11.1 Å². The molecule has 0 saturated carbocycles. The van der Waals surface area contributed by atoms with Crippen LogP contribution in [0.15, 0.2) is 83.8 Å². The fourth-order valence-corrected chi connectivity index (χ4v) is 4.58. The molecule has 4 nitrogen and oxygen atoms in total. The predicted molar refractivity (Wildman–Crippen MR) is 130 cm³/mol. The zero-order chi connectivity index (χ0) is 21.3. The molecule has 6 heteroatoms. The van der Waals surface area contributed by atoms with Crippen molar-refractivity contribution < 1.29 is 19.4 Å². The van der Waals surface area contributed by atoms with E-state index in [9.17, 15) is 4.79 Å². The van der Waals surface area contributed by atoms with E-state index in [1.165, 1.54) is 5.57 Å². The Morgan fingerprint density at radius 1 is 1.00 bits per heavy atom. The average molecular weight is 532 g/mol. The quantitative estimate of drug-likeness (QED) is 0.271. The SMILES string of the molecule is COc1ccc(/C(=C\CSc2ccc(OCC(=O)O)cc2I)c2ccccc2)cc1. The van der Waals surface area contributed by atoms with Gasteiger partial charge in [-0.25, -0.2) is 4.79 Å². The van der Waals surface area contributed by atoms with E-state index in [0.29, 0.717) is 5.75 Å². The Kier molecular flexibility index (Phi) is 8.21. The maximum absolute atomic E-state index is 10.7. The molecule has 0 atom stereocenters. The van der Waals surface area contributed by atoms with Crippen LogP contribution in [0.5, 0.6) is 11.5 Å². The molecule has 0 saturated heterocycles. The van der Waals surface area contributed by atoms with Crippen LogP contribution in [0.4, 0.5) is 0 Å². The van der Waals surface area contributed by atoms with Gasteiger partial charge in [0.05, 0.1) is 7.11 Å². The van der Waals surface area contributed by atoms with E-state index < -0.39 is 5.97 Å². The maximum Gasteiger partial charge on any atom is 0.341 e. The molecule has 0 bridgehead atoms. The number of carbonyl (C=O) groups is 1. The van der Waals surface area contributed by atoms with Crippen LogP contribution in [0.3, 0.4) is 0 Å². The molecule has 0 heterocycles. The molecule has 3 rings (SSSR count). The van der Waals surface area contributed by atoms with Crippen molar-refractivity contribution in [3.05, 3.63) is 93.6 Å². The summed E-state index contributed by atoms with van der Waals surface area (Å²) in [5, 5.41) is 8.74. The van der Waals surface area contributed by atoms with Crippen molar-refractivity contribution in [1.82, 2.24) is 0 Å². The number of benzene rings is 3. The average Bonchev–Trinajstić information content (AvgIpc) is 2.77. The fraction of sp³-hybridized carbons (Fsp3) is 0.125. The number of hydrogen-bond donors (Lipinski definition) is 1. The molecule has 1 N–H and O–H groups in total. The van der Waals surface area contributed by atoms with Crippen molar-refractivity contribution >= 4 is 45.9 Å². The highest BCUT2D eigenvalue weighted by atomic mass is 127. The number of hydrogen-bond acceptors (Lipinski definition) is 4. The molecule has 0 fully saturated rings. The van der Waals surface area contributed by atoms with Gasteiger partial charge in [0.2, 0.25) is 0 Å². The van der Waals surface area contributed by atoms with Crippen LogP contribution >= 0.6 is 34.4 Å². The lowest BCUT2D eigenvalue weighted by molar-refractivity contribution is -0.139. The molecule has 3 aromatic rings. The van der Waals surface area contributed by atoms with Gasteiger partial charge >= 0.3 is 5.97 Å². The molecule has 0 amide bonds. The lowest BCUT2D eigenvalue weighted by Crippen LogP contribution is -2.09. The van der Waals surface area contributed by atoms with Crippen molar-refractivity contribution in [1.29, 1.82) is 0 Å². The summed E-state index contributed by atoms with van der Waals surface area (Å²) in [7, 11) is 1.67. The predicted octanol–water partition coefficient (Wildman–Crippen LogP) is 5.99. The van der Waals surface area contributed by atoms with Gasteiger partial charge in [0, 0.05) is 14.2 Å². The Hall–Kier alpha value is -2.45. The van der Waals surface area contributed by atoms with Gasteiger partial charge in [-0.3, -0.25) is 0 Å².